The molecule has 1 aromatic rings. The van der Waals surface area contributed by atoms with Gasteiger partial charge < -0.3 is 19.7 Å². The zero-order valence-electron chi connectivity index (χ0n) is 8.82. The second-order valence-electron chi connectivity index (χ2n) is 2.51. The largest absolute Gasteiger partial charge is 0.467 e. The highest BCUT2D eigenvalue weighted by Crippen LogP contribution is 2.16. The second kappa shape index (κ2) is 4.92. The van der Waals surface area contributed by atoms with Crippen molar-refractivity contribution in [2.45, 2.75) is 0 Å². The summed E-state index contributed by atoms with van der Waals surface area (Å²) in [5, 5.41) is 17.4. The molecule has 0 aromatic carbocycles. The molecule has 0 fully saturated rings. The van der Waals surface area contributed by atoms with Gasteiger partial charge in [-0.15, -0.1) is 9.88 Å². The van der Waals surface area contributed by atoms with Crippen LogP contribution >= 0.6 is 0 Å². The topological polar surface area (TPSA) is 135 Å². The molecule has 2 N–H and O–H groups in total. The quantitative estimate of drug-likeness (QED) is 0.755. The van der Waals surface area contributed by atoms with Gasteiger partial charge in [0.15, 0.2) is 0 Å². The minimum atomic E-state index is -1.76. The smallest absolute Gasteiger partial charge is 0.424 e. The fraction of sp³-hybridized carbons (Fsp3) is 0.286. The maximum Gasteiger partial charge on any atom is 0.424 e. The zero-order valence-corrected chi connectivity index (χ0v) is 8.82. The van der Waals surface area contributed by atoms with E-state index >= 15 is 0 Å². The van der Waals surface area contributed by atoms with E-state index in [1.165, 1.54) is 14.2 Å². The maximum atomic E-state index is 10.7. The summed E-state index contributed by atoms with van der Waals surface area (Å²) in [6.07, 6.45) is -3.51. The third-order valence-electron chi connectivity index (χ3n) is 1.53. The molecule has 1 heterocycles. The first-order valence-electron chi connectivity index (χ1n) is 4.09. The van der Waals surface area contributed by atoms with E-state index in [4.69, 9.17) is 10.2 Å². The lowest BCUT2D eigenvalue weighted by Crippen LogP contribution is -2.36. The fourth-order valence-electron chi connectivity index (χ4n) is 0.863. The van der Waals surface area contributed by atoms with E-state index < -0.39 is 18.1 Å². The normalized spacial score (nSPS) is 9.53. The molecule has 0 radical (unpaired) electrons. The van der Waals surface area contributed by atoms with Gasteiger partial charge in [0, 0.05) is 0 Å². The van der Waals surface area contributed by atoms with Crippen molar-refractivity contribution < 1.29 is 29.3 Å². The fourth-order valence-corrected chi connectivity index (χ4v) is 0.863. The first-order chi connectivity index (χ1) is 7.99. The first kappa shape index (κ1) is 12.4. The molecule has 0 aliphatic rings. The molecule has 10 heteroatoms. The van der Waals surface area contributed by atoms with Gasteiger partial charge >= 0.3 is 24.2 Å². The van der Waals surface area contributed by atoms with Gasteiger partial charge in [-0.2, -0.15) is 9.97 Å². The van der Waals surface area contributed by atoms with Crippen LogP contribution in [-0.4, -0.2) is 51.6 Å². The maximum absolute atomic E-state index is 10.7. The lowest BCUT2D eigenvalue weighted by atomic mass is 10.7. The van der Waals surface area contributed by atoms with Crippen LogP contribution in [0.25, 0.3) is 0 Å². The van der Waals surface area contributed by atoms with Crippen molar-refractivity contribution in [3.63, 3.8) is 0 Å². The van der Waals surface area contributed by atoms with Crippen LogP contribution in [0.3, 0.4) is 0 Å². The number of nitrogens with zero attached hydrogens (tertiary/aromatic N) is 4. The van der Waals surface area contributed by atoms with Crippen molar-refractivity contribution in [2.75, 3.05) is 19.1 Å². The average Bonchev–Trinajstić information content (AvgIpc) is 2.27. The predicted molar refractivity (Wildman–Crippen MR) is 51.5 cm³/mol. The van der Waals surface area contributed by atoms with Gasteiger partial charge in [0.2, 0.25) is 0 Å². The predicted octanol–water partition coefficient (Wildman–Crippen LogP) is 0.0512. The SMILES string of the molecule is COc1nc(OC)nc(N(C(=O)O)C(=O)O)n1. The summed E-state index contributed by atoms with van der Waals surface area (Å²) < 4.78 is 9.30. The molecule has 0 aliphatic carbocycles. The van der Waals surface area contributed by atoms with E-state index in [-0.39, 0.29) is 16.9 Å². The Morgan fingerprint density at radius 3 is 1.71 bits per heavy atom. The number of carbonyl (C=O) groups is 2. The van der Waals surface area contributed by atoms with Crippen molar-refractivity contribution in [1.82, 2.24) is 15.0 Å². The van der Waals surface area contributed by atoms with E-state index in [9.17, 15) is 9.59 Å². The molecular weight excluding hydrogens is 236 g/mol. The number of imide groups is 1. The number of hydrogen-bond donors (Lipinski definition) is 2. The van der Waals surface area contributed by atoms with Crippen LogP contribution in [0.1, 0.15) is 0 Å². The number of hydrogen-bond acceptors (Lipinski definition) is 7. The molecular formula is C7H8N4O6. The van der Waals surface area contributed by atoms with Crippen molar-refractivity contribution in [3.8, 4) is 12.0 Å². The lowest BCUT2D eigenvalue weighted by Gasteiger charge is -2.11. The molecule has 17 heavy (non-hydrogen) atoms. The average molecular weight is 244 g/mol. The van der Waals surface area contributed by atoms with Crippen molar-refractivity contribution in [1.29, 1.82) is 0 Å². The van der Waals surface area contributed by atoms with Gasteiger partial charge in [0.25, 0.3) is 5.95 Å². The Hall–Kier alpha value is -2.65. The molecule has 1 aromatic heterocycles. The Kier molecular flexibility index (Phi) is 3.59. The van der Waals surface area contributed by atoms with E-state index in [0.29, 0.717) is 0 Å². The monoisotopic (exact) mass is 244 g/mol. The van der Waals surface area contributed by atoms with Crippen LogP contribution < -0.4 is 14.4 Å². The molecule has 2 amide bonds. The Labute approximate surface area is 94.4 Å². The molecule has 0 unspecified atom stereocenters. The van der Waals surface area contributed by atoms with Crippen LogP contribution in [0.2, 0.25) is 0 Å². The first-order valence-corrected chi connectivity index (χ1v) is 4.09. The van der Waals surface area contributed by atoms with Crippen LogP contribution in [0.5, 0.6) is 12.0 Å². The summed E-state index contributed by atoms with van der Waals surface area (Å²) in [4.78, 5) is 31.9. The summed E-state index contributed by atoms with van der Waals surface area (Å²) >= 11 is 0. The standard InChI is InChI=1S/C7H8N4O6/c1-16-4-8-3(9-5(10-4)17-2)11(6(12)13)7(14)15/h1-2H3,(H,12,13)(H,14,15). The van der Waals surface area contributed by atoms with Crippen LogP contribution in [0.15, 0.2) is 0 Å². The molecule has 92 valence electrons. The minimum Gasteiger partial charge on any atom is -0.467 e. The summed E-state index contributed by atoms with van der Waals surface area (Å²) in [6, 6.07) is -0.529. The minimum absolute atomic E-state index is 0.0906. The number of carboxylic acid groups (broad SMARTS) is 2. The van der Waals surface area contributed by atoms with Gasteiger partial charge in [-0.1, -0.05) is 0 Å². The van der Waals surface area contributed by atoms with Crippen LogP contribution in [0, 0.1) is 0 Å². The molecule has 0 aliphatic heterocycles. The Morgan fingerprint density at radius 2 is 1.41 bits per heavy atom. The summed E-state index contributed by atoms with van der Waals surface area (Å²) in [5.41, 5.74) is 0. The Morgan fingerprint density at radius 1 is 1.00 bits per heavy atom. The molecule has 0 saturated heterocycles. The van der Waals surface area contributed by atoms with Gasteiger partial charge in [-0.3, -0.25) is 0 Å². The number of aromatic nitrogens is 3. The van der Waals surface area contributed by atoms with E-state index in [1.54, 1.807) is 0 Å². The lowest BCUT2D eigenvalue weighted by molar-refractivity contribution is 0.183. The number of amides is 2. The third-order valence-corrected chi connectivity index (χ3v) is 1.53. The highest BCUT2D eigenvalue weighted by atomic mass is 16.5. The summed E-state index contributed by atoms with van der Waals surface area (Å²) in [6.45, 7) is 0. The third kappa shape index (κ3) is 2.68. The summed E-state index contributed by atoms with van der Waals surface area (Å²) in [7, 11) is 2.45. The Bertz CT molecular complexity index is 414. The van der Waals surface area contributed by atoms with Gasteiger partial charge in [-0.25, -0.2) is 9.59 Å². The van der Waals surface area contributed by atoms with Gasteiger partial charge in [-0.05, 0) is 0 Å². The number of ether oxygens (including phenoxy) is 2. The molecule has 10 nitrogen and oxygen atoms in total. The molecule has 0 saturated carbocycles. The second-order valence-corrected chi connectivity index (χ2v) is 2.51. The van der Waals surface area contributed by atoms with Crippen LogP contribution in [0.4, 0.5) is 15.5 Å². The van der Waals surface area contributed by atoms with Crippen LogP contribution in [-0.2, 0) is 0 Å². The highest BCUT2D eigenvalue weighted by Gasteiger charge is 2.26. The van der Waals surface area contributed by atoms with Gasteiger partial charge in [0.05, 0.1) is 14.2 Å². The Balaban J connectivity index is 3.27. The zero-order chi connectivity index (χ0) is 13.0. The highest BCUT2D eigenvalue weighted by molar-refractivity contribution is 6.06. The van der Waals surface area contributed by atoms with E-state index in [2.05, 4.69) is 24.4 Å². The van der Waals surface area contributed by atoms with Crippen molar-refractivity contribution >= 4 is 18.1 Å². The molecule has 1 rings (SSSR count). The van der Waals surface area contributed by atoms with Crippen molar-refractivity contribution in [2.24, 2.45) is 0 Å². The van der Waals surface area contributed by atoms with E-state index in [1.807, 2.05) is 0 Å². The number of anilines is 1. The number of rotatable bonds is 3. The van der Waals surface area contributed by atoms with Gasteiger partial charge in [0.1, 0.15) is 0 Å². The molecule has 0 spiro atoms. The summed E-state index contributed by atoms with van der Waals surface area (Å²) in [5.74, 6) is -0.631. The number of methoxy groups -OCH3 is 2. The van der Waals surface area contributed by atoms with E-state index in [0.717, 1.165) is 0 Å². The van der Waals surface area contributed by atoms with Crippen molar-refractivity contribution in [3.05, 3.63) is 0 Å². The molecule has 0 bridgehead atoms. The molecule has 0 atom stereocenters.